The van der Waals surface area contributed by atoms with Gasteiger partial charge < -0.3 is 5.32 Å². The van der Waals surface area contributed by atoms with Crippen molar-refractivity contribution in [3.05, 3.63) is 75.3 Å². The van der Waals surface area contributed by atoms with Gasteiger partial charge in [0.15, 0.2) is 0 Å². The van der Waals surface area contributed by atoms with E-state index in [0.29, 0.717) is 11.1 Å². The molecular formula is C17H18N2O3. The van der Waals surface area contributed by atoms with Crippen molar-refractivity contribution in [2.75, 3.05) is 0 Å². The Kier molecular flexibility index (Phi) is 4.88. The van der Waals surface area contributed by atoms with Gasteiger partial charge in [-0.2, -0.15) is 0 Å². The van der Waals surface area contributed by atoms with Crippen molar-refractivity contribution < 1.29 is 9.72 Å². The highest BCUT2D eigenvalue weighted by Gasteiger charge is 2.20. The van der Waals surface area contributed by atoms with E-state index in [1.54, 1.807) is 13.0 Å². The molecule has 0 spiro atoms. The SMILES string of the molecule is CC[C@H](NC(=O)c1cccc([N+](=O)[O-])c1C)c1ccccc1. The molecule has 0 heterocycles. The predicted molar refractivity (Wildman–Crippen MR) is 84.8 cm³/mol. The lowest BCUT2D eigenvalue weighted by Crippen LogP contribution is -2.28. The molecule has 22 heavy (non-hydrogen) atoms. The standard InChI is InChI=1S/C17H18N2O3/c1-3-15(13-8-5-4-6-9-13)18-17(20)14-10-7-11-16(12(14)2)19(21)22/h4-11,15H,3H2,1-2H3,(H,18,20)/t15-/m0/s1. The van der Waals surface area contributed by atoms with Gasteiger partial charge in [0.1, 0.15) is 0 Å². The third-order valence-electron chi connectivity index (χ3n) is 3.66. The van der Waals surface area contributed by atoms with Crippen molar-refractivity contribution in [2.45, 2.75) is 26.3 Å². The minimum atomic E-state index is -0.472. The number of nitrogens with zero attached hydrogens (tertiary/aromatic N) is 1. The maximum Gasteiger partial charge on any atom is 0.273 e. The van der Waals surface area contributed by atoms with E-state index < -0.39 is 4.92 Å². The summed E-state index contributed by atoms with van der Waals surface area (Å²) in [5.41, 5.74) is 1.69. The molecule has 1 amide bonds. The highest BCUT2D eigenvalue weighted by atomic mass is 16.6. The first-order chi connectivity index (χ1) is 10.5. The number of hydrogen-bond donors (Lipinski definition) is 1. The smallest absolute Gasteiger partial charge is 0.273 e. The van der Waals surface area contributed by atoms with Crippen molar-refractivity contribution in [1.82, 2.24) is 5.32 Å². The Labute approximate surface area is 129 Å². The third-order valence-corrected chi connectivity index (χ3v) is 3.66. The van der Waals surface area contributed by atoms with Gasteiger partial charge in [0, 0.05) is 17.2 Å². The fourth-order valence-electron chi connectivity index (χ4n) is 2.41. The molecule has 0 aliphatic heterocycles. The van der Waals surface area contributed by atoms with Gasteiger partial charge in [0.25, 0.3) is 11.6 Å². The van der Waals surface area contributed by atoms with Crippen LogP contribution in [0.3, 0.4) is 0 Å². The molecule has 1 N–H and O–H groups in total. The van der Waals surface area contributed by atoms with Crippen LogP contribution in [0, 0.1) is 17.0 Å². The Morgan fingerprint density at radius 2 is 1.86 bits per heavy atom. The molecule has 0 fully saturated rings. The molecule has 0 aliphatic carbocycles. The molecule has 1 atom stereocenters. The first-order valence-electron chi connectivity index (χ1n) is 7.14. The van der Waals surface area contributed by atoms with E-state index in [9.17, 15) is 14.9 Å². The Morgan fingerprint density at radius 3 is 2.45 bits per heavy atom. The summed E-state index contributed by atoms with van der Waals surface area (Å²) in [4.78, 5) is 22.9. The molecular weight excluding hydrogens is 280 g/mol. The van der Waals surface area contributed by atoms with E-state index in [1.165, 1.54) is 12.1 Å². The van der Waals surface area contributed by atoms with Crippen LogP contribution in [-0.4, -0.2) is 10.8 Å². The molecule has 0 aromatic heterocycles. The van der Waals surface area contributed by atoms with Crippen LogP contribution in [0.4, 0.5) is 5.69 Å². The second-order valence-corrected chi connectivity index (χ2v) is 5.05. The van der Waals surface area contributed by atoms with E-state index in [-0.39, 0.29) is 17.6 Å². The number of amides is 1. The highest BCUT2D eigenvalue weighted by Crippen LogP contribution is 2.22. The summed E-state index contributed by atoms with van der Waals surface area (Å²) in [5, 5.41) is 13.9. The topological polar surface area (TPSA) is 72.2 Å². The molecule has 0 unspecified atom stereocenters. The van der Waals surface area contributed by atoms with Crippen LogP contribution in [0.5, 0.6) is 0 Å². The van der Waals surface area contributed by atoms with Gasteiger partial charge in [0.2, 0.25) is 0 Å². The number of benzene rings is 2. The van der Waals surface area contributed by atoms with Gasteiger partial charge in [0.05, 0.1) is 11.0 Å². The van der Waals surface area contributed by atoms with Gasteiger partial charge in [-0.25, -0.2) is 0 Å². The second kappa shape index (κ2) is 6.85. The summed E-state index contributed by atoms with van der Waals surface area (Å²) in [5.74, 6) is -0.295. The second-order valence-electron chi connectivity index (χ2n) is 5.05. The molecule has 2 aromatic rings. The van der Waals surface area contributed by atoms with Gasteiger partial charge in [-0.1, -0.05) is 43.3 Å². The molecule has 0 saturated heterocycles. The molecule has 0 aliphatic rings. The Morgan fingerprint density at radius 1 is 1.18 bits per heavy atom. The number of carbonyl (C=O) groups excluding carboxylic acids is 1. The zero-order valence-corrected chi connectivity index (χ0v) is 12.6. The van der Waals surface area contributed by atoms with Crippen LogP contribution in [0.2, 0.25) is 0 Å². The minimum Gasteiger partial charge on any atom is -0.345 e. The van der Waals surface area contributed by atoms with E-state index in [4.69, 9.17) is 0 Å². The lowest BCUT2D eigenvalue weighted by molar-refractivity contribution is -0.385. The average molecular weight is 298 g/mol. The normalized spacial score (nSPS) is 11.7. The van der Waals surface area contributed by atoms with Crippen LogP contribution >= 0.6 is 0 Å². The van der Waals surface area contributed by atoms with Crippen LogP contribution in [0.25, 0.3) is 0 Å². The van der Waals surface area contributed by atoms with Crippen molar-refractivity contribution >= 4 is 11.6 Å². The molecule has 0 saturated carbocycles. The third kappa shape index (κ3) is 3.31. The van der Waals surface area contributed by atoms with Gasteiger partial charge in [-0.05, 0) is 25.0 Å². The van der Waals surface area contributed by atoms with Crippen molar-refractivity contribution in [2.24, 2.45) is 0 Å². The number of nitro benzene ring substituents is 1. The zero-order chi connectivity index (χ0) is 16.1. The summed E-state index contributed by atoms with van der Waals surface area (Å²) < 4.78 is 0. The Hall–Kier alpha value is -2.69. The fraction of sp³-hybridized carbons (Fsp3) is 0.235. The molecule has 0 radical (unpaired) electrons. The summed E-state index contributed by atoms with van der Waals surface area (Å²) in [6, 6.07) is 14.1. The maximum atomic E-state index is 12.4. The van der Waals surface area contributed by atoms with E-state index in [1.807, 2.05) is 37.3 Å². The van der Waals surface area contributed by atoms with Crippen LogP contribution < -0.4 is 5.32 Å². The van der Waals surface area contributed by atoms with Gasteiger partial charge in [-0.15, -0.1) is 0 Å². The van der Waals surface area contributed by atoms with Crippen molar-refractivity contribution in [3.63, 3.8) is 0 Å². The first kappa shape index (κ1) is 15.7. The number of carbonyl (C=O) groups is 1. The summed E-state index contributed by atoms with van der Waals surface area (Å²) in [6.45, 7) is 3.58. The number of nitrogens with one attached hydrogen (secondary N) is 1. The summed E-state index contributed by atoms with van der Waals surface area (Å²) in [6.07, 6.45) is 0.740. The van der Waals surface area contributed by atoms with E-state index in [0.717, 1.165) is 12.0 Å². The fourth-order valence-corrected chi connectivity index (χ4v) is 2.41. The first-order valence-corrected chi connectivity index (χ1v) is 7.14. The Balaban J connectivity index is 2.25. The highest BCUT2D eigenvalue weighted by molar-refractivity contribution is 5.96. The van der Waals surface area contributed by atoms with Crippen LogP contribution in [0.15, 0.2) is 48.5 Å². The number of nitro groups is 1. The quantitative estimate of drug-likeness (QED) is 0.674. The lowest BCUT2D eigenvalue weighted by Gasteiger charge is -2.18. The molecule has 5 heteroatoms. The van der Waals surface area contributed by atoms with Crippen LogP contribution in [0.1, 0.15) is 40.9 Å². The minimum absolute atomic E-state index is 0.0413. The average Bonchev–Trinajstić information content (AvgIpc) is 2.53. The monoisotopic (exact) mass is 298 g/mol. The van der Waals surface area contributed by atoms with Gasteiger partial charge >= 0.3 is 0 Å². The number of rotatable bonds is 5. The van der Waals surface area contributed by atoms with E-state index in [2.05, 4.69) is 5.32 Å². The zero-order valence-electron chi connectivity index (χ0n) is 12.6. The lowest BCUT2D eigenvalue weighted by atomic mass is 10.0. The summed E-state index contributed by atoms with van der Waals surface area (Å²) >= 11 is 0. The molecule has 0 bridgehead atoms. The Bertz CT molecular complexity index is 684. The van der Waals surface area contributed by atoms with Gasteiger partial charge in [-0.3, -0.25) is 14.9 Å². The molecule has 5 nitrogen and oxygen atoms in total. The van der Waals surface area contributed by atoms with Crippen LogP contribution in [-0.2, 0) is 0 Å². The molecule has 114 valence electrons. The summed E-state index contributed by atoms with van der Waals surface area (Å²) in [7, 11) is 0. The van der Waals surface area contributed by atoms with Crippen molar-refractivity contribution in [3.8, 4) is 0 Å². The van der Waals surface area contributed by atoms with E-state index >= 15 is 0 Å². The number of hydrogen-bond acceptors (Lipinski definition) is 3. The largest absolute Gasteiger partial charge is 0.345 e. The maximum absolute atomic E-state index is 12.4. The predicted octanol–water partition coefficient (Wildman–Crippen LogP) is 3.78. The molecule has 2 aromatic carbocycles. The van der Waals surface area contributed by atoms with Crippen molar-refractivity contribution in [1.29, 1.82) is 0 Å². The molecule has 2 rings (SSSR count).